The van der Waals surface area contributed by atoms with Gasteiger partial charge in [0.25, 0.3) is 0 Å². The van der Waals surface area contributed by atoms with Crippen LogP contribution in [0, 0.1) is 0 Å². The number of H-pyrrole nitrogens is 1. The van der Waals surface area contributed by atoms with E-state index in [0.29, 0.717) is 5.65 Å². The molecule has 6 heteroatoms. The number of nitrogens with one attached hydrogen (secondary N) is 1. The molecule has 0 radical (unpaired) electrons. The molecular formula is C11H13ClN4O. The fraction of sp³-hybridized carbons (Fsp3) is 0.455. The Hall–Kier alpha value is -1.33. The van der Waals surface area contributed by atoms with Crippen molar-refractivity contribution < 1.29 is 0 Å². The van der Waals surface area contributed by atoms with Gasteiger partial charge in [-0.2, -0.15) is 0 Å². The van der Waals surface area contributed by atoms with Gasteiger partial charge in [-0.05, 0) is 36.8 Å². The van der Waals surface area contributed by atoms with Crippen molar-refractivity contribution in [2.75, 3.05) is 13.1 Å². The molecule has 0 bridgehead atoms. The molecule has 1 saturated heterocycles. The first kappa shape index (κ1) is 10.8. The Morgan fingerprint density at radius 2 is 2.18 bits per heavy atom. The monoisotopic (exact) mass is 252 g/mol. The lowest BCUT2D eigenvalue weighted by Crippen LogP contribution is -2.32. The molecule has 0 amide bonds. The van der Waals surface area contributed by atoms with E-state index in [-0.39, 0.29) is 11.7 Å². The zero-order valence-electron chi connectivity index (χ0n) is 9.27. The van der Waals surface area contributed by atoms with Gasteiger partial charge in [0, 0.05) is 25.3 Å². The highest BCUT2D eigenvalue weighted by molar-refractivity contribution is 6.13. The first-order valence-corrected chi connectivity index (χ1v) is 6.05. The summed E-state index contributed by atoms with van der Waals surface area (Å²) in [5.74, 6) is 0. The number of imidazole rings is 1. The molecule has 1 aliphatic rings. The second-order valence-corrected chi connectivity index (χ2v) is 4.79. The number of fused-ring (bicyclic) bond motifs is 1. The largest absolute Gasteiger partial charge is 0.327 e. The molecule has 2 aromatic heterocycles. The first-order valence-electron chi connectivity index (χ1n) is 5.71. The lowest BCUT2D eigenvalue weighted by Gasteiger charge is -2.27. The predicted molar refractivity (Wildman–Crippen MR) is 66.1 cm³/mol. The number of aromatic amines is 1. The Morgan fingerprint density at radius 1 is 1.41 bits per heavy atom. The molecule has 2 aromatic rings. The van der Waals surface area contributed by atoms with Crippen LogP contribution in [0.4, 0.5) is 0 Å². The fourth-order valence-electron chi connectivity index (χ4n) is 2.41. The Bertz CT molecular complexity index is 582. The van der Waals surface area contributed by atoms with Crippen molar-refractivity contribution in [2.45, 2.75) is 18.9 Å². The minimum absolute atomic E-state index is 0.0771. The van der Waals surface area contributed by atoms with Crippen molar-refractivity contribution in [1.82, 2.24) is 19.0 Å². The molecule has 0 unspecified atom stereocenters. The van der Waals surface area contributed by atoms with Crippen LogP contribution in [0.25, 0.3) is 11.2 Å². The van der Waals surface area contributed by atoms with E-state index in [1.165, 1.54) is 0 Å². The van der Waals surface area contributed by atoms with Gasteiger partial charge in [-0.1, -0.05) is 0 Å². The van der Waals surface area contributed by atoms with E-state index < -0.39 is 0 Å². The molecule has 0 atom stereocenters. The standard InChI is InChI=1S/C11H13ClN4O/c12-15-6-3-8(4-7-15)16-9-2-1-5-13-10(9)14-11(16)17/h1-2,5,8H,3-4,6-7H2,(H,13,14,17). The van der Waals surface area contributed by atoms with E-state index in [1.807, 2.05) is 16.7 Å². The third-order valence-electron chi connectivity index (χ3n) is 3.27. The van der Waals surface area contributed by atoms with Gasteiger partial charge in [0.15, 0.2) is 5.65 Å². The quantitative estimate of drug-likeness (QED) is 0.783. The maximum atomic E-state index is 11.9. The van der Waals surface area contributed by atoms with E-state index in [2.05, 4.69) is 9.97 Å². The maximum Gasteiger partial charge on any atom is 0.327 e. The molecule has 0 saturated carbocycles. The van der Waals surface area contributed by atoms with Crippen molar-refractivity contribution in [3.8, 4) is 0 Å². The molecule has 3 heterocycles. The van der Waals surface area contributed by atoms with Crippen LogP contribution in [0.2, 0.25) is 0 Å². The molecule has 3 rings (SSSR count). The summed E-state index contributed by atoms with van der Waals surface area (Å²) >= 11 is 5.93. The highest BCUT2D eigenvalue weighted by atomic mass is 35.5. The van der Waals surface area contributed by atoms with Crippen molar-refractivity contribution in [3.63, 3.8) is 0 Å². The van der Waals surface area contributed by atoms with E-state index in [4.69, 9.17) is 11.8 Å². The lowest BCUT2D eigenvalue weighted by atomic mass is 10.1. The lowest BCUT2D eigenvalue weighted by molar-refractivity contribution is 0.283. The smallest absolute Gasteiger partial charge is 0.290 e. The number of aromatic nitrogens is 3. The summed E-state index contributed by atoms with van der Waals surface area (Å²) in [7, 11) is 0. The van der Waals surface area contributed by atoms with Crippen molar-refractivity contribution in [2.24, 2.45) is 0 Å². The van der Waals surface area contributed by atoms with Gasteiger partial charge in [-0.15, -0.1) is 0 Å². The SMILES string of the molecule is O=c1[nH]c2ncccc2n1C1CCN(Cl)CC1. The topological polar surface area (TPSA) is 53.9 Å². The second kappa shape index (κ2) is 4.16. The number of hydrogen-bond donors (Lipinski definition) is 1. The second-order valence-electron chi connectivity index (χ2n) is 4.31. The van der Waals surface area contributed by atoms with Gasteiger partial charge in [-0.3, -0.25) is 9.55 Å². The van der Waals surface area contributed by atoms with Gasteiger partial charge in [-0.25, -0.2) is 14.2 Å². The van der Waals surface area contributed by atoms with Crippen LogP contribution in [0.5, 0.6) is 0 Å². The summed E-state index contributed by atoms with van der Waals surface area (Å²) in [5, 5.41) is 0. The Morgan fingerprint density at radius 3 is 2.94 bits per heavy atom. The fourth-order valence-corrected chi connectivity index (χ4v) is 2.61. The summed E-state index contributed by atoms with van der Waals surface area (Å²) in [6.45, 7) is 1.62. The molecule has 17 heavy (non-hydrogen) atoms. The normalized spacial score (nSPS) is 18.9. The molecule has 1 fully saturated rings. The van der Waals surface area contributed by atoms with Crippen LogP contribution < -0.4 is 5.69 Å². The number of rotatable bonds is 1. The molecule has 1 N–H and O–H groups in total. The van der Waals surface area contributed by atoms with E-state index in [1.54, 1.807) is 10.6 Å². The Labute approximate surface area is 103 Å². The van der Waals surface area contributed by atoms with Crippen LogP contribution in [0.3, 0.4) is 0 Å². The van der Waals surface area contributed by atoms with E-state index in [0.717, 1.165) is 31.4 Å². The molecule has 90 valence electrons. The molecule has 0 aromatic carbocycles. The minimum atomic E-state index is -0.0771. The highest BCUT2D eigenvalue weighted by Gasteiger charge is 2.22. The van der Waals surface area contributed by atoms with E-state index >= 15 is 0 Å². The Kier molecular flexibility index (Phi) is 2.64. The number of nitrogens with zero attached hydrogens (tertiary/aromatic N) is 3. The summed E-state index contributed by atoms with van der Waals surface area (Å²) in [6.07, 6.45) is 3.47. The minimum Gasteiger partial charge on any atom is -0.290 e. The highest BCUT2D eigenvalue weighted by Crippen LogP contribution is 2.24. The predicted octanol–water partition coefficient (Wildman–Crippen LogP) is 1.52. The average molecular weight is 253 g/mol. The maximum absolute atomic E-state index is 11.9. The molecule has 0 spiro atoms. The third-order valence-corrected chi connectivity index (χ3v) is 3.60. The van der Waals surface area contributed by atoms with Gasteiger partial charge in [0.05, 0.1) is 5.52 Å². The van der Waals surface area contributed by atoms with Gasteiger partial charge in [0.1, 0.15) is 0 Å². The van der Waals surface area contributed by atoms with Crippen LogP contribution in [-0.2, 0) is 0 Å². The van der Waals surface area contributed by atoms with Crippen LogP contribution >= 0.6 is 11.8 Å². The summed E-state index contributed by atoms with van der Waals surface area (Å²) in [5.41, 5.74) is 1.46. The number of halogens is 1. The Balaban J connectivity index is 2.05. The molecule has 1 aliphatic heterocycles. The summed E-state index contributed by atoms with van der Waals surface area (Å²) in [4.78, 5) is 18.9. The molecule has 5 nitrogen and oxygen atoms in total. The van der Waals surface area contributed by atoms with E-state index in [9.17, 15) is 4.79 Å². The number of hydrogen-bond acceptors (Lipinski definition) is 3. The molecule has 0 aliphatic carbocycles. The van der Waals surface area contributed by atoms with Crippen LogP contribution in [-0.4, -0.2) is 32.0 Å². The van der Waals surface area contributed by atoms with Gasteiger partial charge >= 0.3 is 5.69 Å². The van der Waals surface area contributed by atoms with Crippen LogP contribution in [0.15, 0.2) is 23.1 Å². The molecular weight excluding hydrogens is 240 g/mol. The number of pyridine rings is 1. The van der Waals surface area contributed by atoms with Gasteiger partial charge in [0.2, 0.25) is 0 Å². The number of piperidine rings is 1. The average Bonchev–Trinajstić information content (AvgIpc) is 2.66. The zero-order valence-corrected chi connectivity index (χ0v) is 10.0. The van der Waals surface area contributed by atoms with Crippen molar-refractivity contribution in [1.29, 1.82) is 0 Å². The van der Waals surface area contributed by atoms with Gasteiger partial charge < -0.3 is 0 Å². The van der Waals surface area contributed by atoms with Crippen molar-refractivity contribution >= 4 is 22.9 Å². The third kappa shape index (κ3) is 1.85. The zero-order chi connectivity index (χ0) is 11.8. The summed E-state index contributed by atoms with van der Waals surface area (Å²) < 4.78 is 3.58. The summed E-state index contributed by atoms with van der Waals surface area (Å²) in [6, 6.07) is 3.99. The first-order chi connectivity index (χ1) is 8.25. The van der Waals surface area contributed by atoms with Crippen LogP contribution in [0.1, 0.15) is 18.9 Å². The van der Waals surface area contributed by atoms with Crippen molar-refractivity contribution in [3.05, 3.63) is 28.8 Å².